The van der Waals surface area contributed by atoms with Gasteiger partial charge in [0.1, 0.15) is 0 Å². The lowest BCUT2D eigenvalue weighted by atomic mass is 9.45. The van der Waals surface area contributed by atoms with Gasteiger partial charge in [0.05, 0.1) is 6.10 Å². The first-order valence-electron chi connectivity index (χ1n) is 13.1. The van der Waals surface area contributed by atoms with Gasteiger partial charge in [0, 0.05) is 0 Å². The van der Waals surface area contributed by atoms with E-state index in [0.717, 1.165) is 18.3 Å². The molecule has 1 nitrogen and oxygen atoms in total. The van der Waals surface area contributed by atoms with E-state index in [0.29, 0.717) is 28.1 Å². The maximum Gasteiger partial charge on any atom is 0.0569 e. The molecule has 0 saturated heterocycles. The highest BCUT2D eigenvalue weighted by Gasteiger charge is 2.62. The SMILES string of the molecule is CC(C)=CCC[C@@H](C)[C@H]1CC[C@@]2(C)C3=C(CC[C@]12C)[C@@]1(C)CC[C@H](O)C(C)C1CC3. The van der Waals surface area contributed by atoms with Crippen molar-refractivity contribution in [3.8, 4) is 0 Å². The number of aliphatic hydroxyl groups excluding tert-OH is 1. The molecule has 170 valence electrons. The van der Waals surface area contributed by atoms with Crippen molar-refractivity contribution in [2.24, 2.45) is 39.9 Å². The number of allylic oxidation sites excluding steroid dienone is 4. The fourth-order valence-electron chi connectivity index (χ4n) is 9.09. The molecule has 0 aromatic rings. The number of hydrogen-bond donors (Lipinski definition) is 1. The first kappa shape index (κ1) is 22.6. The van der Waals surface area contributed by atoms with Crippen molar-refractivity contribution in [3.05, 3.63) is 22.8 Å². The summed E-state index contributed by atoms with van der Waals surface area (Å²) in [5.74, 6) is 2.85. The van der Waals surface area contributed by atoms with Crippen molar-refractivity contribution in [1.82, 2.24) is 0 Å². The number of rotatable bonds is 4. The quantitative estimate of drug-likeness (QED) is 0.462. The average Bonchev–Trinajstić information content (AvgIpc) is 2.96. The summed E-state index contributed by atoms with van der Waals surface area (Å²) in [6.45, 7) is 17.3. The molecular weight excluding hydrogens is 364 g/mol. The van der Waals surface area contributed by atoms with Crippen LogP contribution < -0.4 is 0 Å². The molecule has 1 heteroatoms. The maximum atomic E-state index is 10.5. The molecule has 4 rings (SSSR count). The highest BCUT2D eigenvalue weighted by molar-refractivity contribution is 5.38. The molecule has 1 N–H and O–H groups in total. The molecule has 4 aliphatic carbocycles. The average molecular weight is 413 g/mol. The molecular formula is C29H48O. The van der Waals surface area contributed by atoms with E-state index >= 15 is 0 Å². The minimum absolute atomic E-state index is 0.0767. The van der Waals surface area contributed by atoms with E-state index < -0.39 is 0 Å². The van der Waals surface area contributed by atoms with Crippen LogP contribution in [0.15, 0.2) is 22.8 Å². The number of fused-ring (bicyclic) bond motifs is 4. The molecule has 0 radical (unpaired) electrons. The van der Waals surface area contributed by atoms with Crippen LogP contribution in [0.2, 0.25) is 0 Å². The van der Waals surface area contributed by atoms with Crippen molar-refractivity contribution < 1.29 is 5.11 Å². The third kappa shape index (κ3) is 3.20. The van der Waals surface area contributed by atoms with Gasteiger partial charge in [0.2, 0.25) is 0 Å². The Bertz CT molecular complexity index is 727. The molecule has 0 aromatic heterocycles. The van der Waals surface area contributed by atoms with E-state index in [1.54, 1.807) is 0 Å². The second kappa shape index (κ2) is 7.79. The molecule has 2 saturated carbocycles. The van der Waals surface area contributed by atoms with Gasteiger partial charge in [-0.3, -0.25) is 0 Å². The zero-order valence-electron chi connectivity index (χ0n) is 21.0. The maximum absolute atomic E-state index is 10.5. The molecule has 8 atom stereocenters. The Morgan fingerprint density at radius 3 is 2.47 bits per heavy atom. The van der Waals surface area contributed by atoms with E-state index in [1.807, 2.05) is 11.1 Å². The third-order valence-corrected chi connectivity index (χ3v) is 11.2. The van der Waals surface area contributed by atoms with Crippen molar-refractivity contribution in [2.75, 3.05) is 0 Å². The summed E-state index contributed by atoms with van der Waals surface area (Å²) in [6.07, 6.45) is 15.3. The van der Waals surface area contributed by atoms with Gasteiger partial charge in [0.25, 0.3) is 0 Å². The van der Waals surface area contributed by atoms with Crippen LogP contribution >= 0.6 is 0 Å². The second-order valence-electron chi connectivity index (χ2n) is 12.7. The molecule has 0 amide bonds. The van der Waals surface area contributed by atoms with Crippen LogP contribution in [0, 0.1) is 39.9 Å². The molecule has 2 fully saturated rings. The summed E-state index contributed by atoms with van der Waals surface area (Å²) in [7, 11) is 0. The van der Waals surface area contributed by atoms with E-state index in [4.69, 9.17) is 0 Å². The minimum atomic E-state index is -0.0767. The normalized spacial score (nSPS) is 46.7. The van der Waals surface area contributed by atoms with Crippen molar-refractivity contribution in [1.29, 1.82) is 0 Å². The lowest BCUT2D eigenvalue weighted by Gasteiger charge is -2.60. The summed E-state index contributed by atoms with van der Waals surface area (Å²) in [4.78, 5) is 0. The van der Waals surface area contributed by atoms with Crippen LogP contribution in [-0.4, -0.2) is 11.2 Å². The lowest BCUT2D eigenvalue weighted by Crippen LogP contribution is -2.51. The van der Waals surface area contributed by atoms with Crippen molar-refractivity contribution in [2.45, 2.75) is 119 Å². The predicted octanol–water partition coefficient (Wildman–Crippen LogP) is 8.09. The van der Waals surface area contributed by atoms with E-state index in [9.17, 15) is 5.11 Å². The summed E-state index contributed by atoms with van der Waals surface area (Å²) >= 11 is 0. The second-order valence-corrected chi connectivity index (χ2v) is 12.7. The van der Waals surface area contributed by atoms with Gasteiger partial charge in [-0.05, 0) is 118 Å². The minimum Gasteiger partial charge on any atom is -0.393 e. The molecule has 0 heterocycles. The molecule has 4 aliphatic rings. The Morgan fingerprint density at radius 1 is 1.03 bits per heavy atom. The van der Waals surface area contributed by atoms with Crippen molar-refractivity contribution in [3.63, 3.8) is 0 Å². The standard InChI is InChI=1S/C29H48O/c1-19(2)9-8-10-20(3)22-13-17-29(7)25-12-11-23-21(4)26(30)15-16-27(23,5)24(25)14-18-28(22,29)6/h9,20-23,26,30H,8,10-18H2,1-7H3/t20-,21?,22-,23?,26+,27+,28-,29+/m1/s1. The topological polar surface area (TPSA) is 20.2 Å². The lowest BCUT2D eigenvalue weighted by molar-refractivity contribution is -0.0412. The van der Waals surface area contributed by atoms with Crippen LogP contribution in [0.1, 0.15) is 113 Å². The number of hydrogen-bond acceptors (Lipinski definition) is 1. The van der Waals surface area contributed by atoms with Gasteiger partial charge in [-0.1, -0.05) is 57.4 Å². The number of aliphatic hydroxyl groups is 1. The molecule has 0 aromatic carbocycles. The van der Waals surface area contributed by atoms with Gasteiger partial charge in [-0.25, -0.2) is 0 Å². The van der Waals surface area contributed by atoms with Crippen molar-refractivity contribution >= 4 is 0 Å². The molecule has 0 aliphatic heterocycles. The summed E-state index contributed by atoms with van der Waals surface area (Å²) in [5, 5.41) is 10.5. The van der Waals surface area contributed by atoms with Crippen LogP contribution in [-0.2, 0) is 0 Å². The van der Waals surface area contributed by atoms with Gasteiger partial charge < -0.3 is 5.11 Å². The molecule has 0 spiro atoms. The molecule has 30 heavy (non-hydrogen) atoms. The largest absolute Gasteiger partial charge is 0.393 e. The Hall–Kier alpha value is -0.560. The zero-order chi connectivity index (χ0) is 21.9. The van der Waals surface area contributed by atoms with Crippen LogP contribution in [0.25, 0.3) is 0 Å². The fourth-order valence-corrected chi connectivity index (χ4v) is 9.09. The Balaban J connectivity index is 1.63. The van der Waals surface area contributed by atoms with Gasteiger partial charge >= 0.3 is 0 Å². The van der Waals surface area contributed by atoms with Gasteiger partial charge in [-0.2, -0.15) is 0 Å². The fraction of sp³-hybridized carbons (Fsp3) is 0.862. The molecule has 2 unspecified atom stereocenters. The highest BCUT2D eigenvalue weighted by atomic mass is 16.3. The molecule has 0 bridgehead atoms. The monoisotopic (exact) mass is 412 g/mol. The first-order valence-corrected chi connectivity index (χ1v) is 13.1. The third-order valence-electron chi connectivity index (χ3n) is 11.2. The summed E-state index contributed by atoms with van der Waals surface area (Å²) < 4.78 is 0. The first-order chi connectivity index (χ1) is 14.0. The highest BCUT2D eigenvalue weighted by Crippen LogP contribution is 2.71. The summed E-state index contributed by atoms with van der Waals surface area (Å²) in [5.41, 5.74) is 6.44. The smallest absolute Gasteiger partial charge is 0.0569 e. The Morgan fingerprint density at radius 2 is 1.77 bits per heavy atom. The van der Waals surface area contributed by atoms with E-state index in [1.165, 1.54) is 63.4 Å². The zero-order valence-corrected chi connectivity index (χ0v) is 21.0. The summed E-state index contributed by atoms with van der Waals surface area (Å²) in [6, 6.07) is 0. The Kier molecular flexibility index (Phi) is 5.87. The Labute approximate surface area is 186 Å². The van der Waals surface area contributed by atoms with Gasteiger partial charge in [0.15, 0.2) is 0 Å². The van der Waals surface area contributed by atoms with Crippen LogP contribution in [0.3, 0.4) is 0 Å². The van der Waals surface area contributed by atoms with E-state index in [2.05, 4.69) is 54.5 Å². The van der Waals surface area contributed by atoms with Crippen LogP contribution in [0.4, 0.5) is 0 Å². The van der Waals surface area contributed by atoms with Gasteiger partial charge in [-0.15, -0.1) is 0 Å². The van der Waals surface area contributed by atoms with Crippen LogP contribution in [0.5, 0.6) is 0 Å². The van der Waals surface area contributed by atoms with E-state index in [-0.39, 0.29) is 6.10 Å². The predicted molar refractivity (Wildman–Crippen MR) is 128 cm³/mol.